The molecule has 2 saturated heterocycles. The molecule has 0 radical (unpaired) electrons. The van der Waals surface area contributed by atoms with E-state index in [0.717, 1.165) is 6.26 Å². The summed E-state index contributed by atoms with van der Waals surface area (Å²) in [5.74, 6) is -1.04. The molecule has 7 N–H and O–H groups in total. The number of ether oxygens (including phenoxy) is 6. The number of hydrogen-bond donors (Lipinski definition) is 7. The summed E-state index contributed by atoms with van der Waals surface area (Å²) in [4.78, 5) is 12.1. The van der Waals surface area contributed by atoms with Crippen molar-refractivity contribution in [3.05, 3.63) is 42.4 Å². The molecular formula is C26H36O14. The quantitative estimate of drug-likeness (QED) is 0.0750. The molecule has 1 aromatic rings. The van der Waals surface area contributed by atoms with E-state index in [4.69, 9.17) is 28.4 Å². The smallest absolute Gasteiger partial charge is 0.313 e. The SMILES string of the molecule is C=C1C(CO)OC(O/C=C2\OC(Oc3ccc(OC(=O)CC(O)C(C)C)cc3OC)C(O)C(O)C2O)C(O)C1O. The standard InChI is InChI=1S/C26H36O14/c1-11(2)14(28)8-19(29)37-13-5-6-15(16(7-13)35-4)38-26-24(34)22(32)21(31)18(40-26)10-36-25-23(33)20(30)12(3)17(9-27)39-25/h5-7,10-11,14,17,20-28,30-34H,3,8-9H2,1-2,4H3/b18-10-. The van der Waals surface area contributed by atoms with Crippen LogP contribution in [-0.2, 0) is 19.0 Å². The second kappa shape index (κ2) is 13.6. The van der Waals surface area contributed by atoms with E-state index in [1.807, 2.05) is 0 Å². The van der Waals surface area contributed by atoms with Crippen molar-refractivity contribution in [1.29, 1.82) is 0 Å². The number of methoxy groups -OCH3 is 1. The predicted octanol–water partition coefficient (Wildman–Crippen LogP) is -1.32. The average Bonchev–Trinajstić information content (AvgIpc) is 2.92. The normalized spacial score (nSPS) is 32.4. The molecule has 2 aliphatic heterocycles. The van der Waals surface area contributed by atoms with Crippen molar-refractivity contribution in [1.82, 2.24) is 0 Å². The Balaban J connectivity index is 1.72. The Morgan fingerprint density at radius 1 is 1.05 bits per heavy atom. The molecule has 2 heterocycles. The number of aliphatic hydroxyl groups is 7. The molecule has 0 amide bonds. The Morgan fingerprint density at radius 2 is 1.75 bits per heavy atom. The maximum Gasteiger partial charge on any atom is 0.313 e. The fraction of sp³-hybridized carbons (Fsp3) is 0.577. The van der Waals surface area contributed by atoms with Gasteiger partial charge in [-0.05, 0) is 23.6 Å². The first kappa shape index (κ1) is 31.6. The highest BCUT2D eigenvalue weighted by Crippen LogP contribution is 2.35. The first-order valence-electron chi connectivity index (χ1n) is 12.5. The van der Waals surface area contributed by atoms with Crippen molar-refractivity contribution in [2.45, 2.75) is 75.6 Å². The van der Waals surface area contributed by atoms with Crippen LogP contribution in [0.15, 0.2) is 42.4 Å². The molecule has 0 spiro atoms. The second-order valence-corrected chi connectivity index (χ2v) is 9.67. The zero-order chi connectivity index (χ0) is 29.7. The van der Waals surface area contributed by atoms with Crippen LogP contribution in [0.4, 0.5) is 0 Å². The van der Waals surface area contributed by atoms with Crippen molar-refractivity contribution >= 4 is 5.97 Å². The molecule has 3 rings (SSSR count). The minimum Gasteiger partial charge on any atom is -0.493 e. The maximum absolute atomic E-state index is 12.1. The van der Waals surface area contributed by atoms with Crippen molar-refractivity contribution in [2.24, 2.45) is 5.92 Å². The van der Waals surface area contributed by atoms with Gasteiger partial charge in [0.25, 0.3) is 6.29 Å². The number of benzene rings is 1. The largest absolute Gasteiger partial charge is 0.493 e. The van der Waals surface area contributed by atoms with Gasteiger partial charge < -0.3 is 64.2 Å². The van der Waals surface area contributed by atoms with Gasteiger partial charge in [-0.2, -0.15) is 0 Å². The molecule has 40 heavy (non-hydrogen) atoms. The summed E-state index contributed by atoms with van der Waals surface area (Å²) in [6.45, 7) is 6.54. The average molecular weight is 573 g/mol. The summed E-state index contributed by atoms with van der Waals surface area (Å²) in [6, 6.07) is 4.05. The second-order valence-electron chi connectivity index (χ2n) is 9.67. The summed E-state index contributed by atoms with van der Waals surface area (Å²) >= 11 is 0. The Kier molecular flexibility index (Phi) is 10.7. The van der Waals surface area contributed by atoms with Crippen molar-refractivity contribution < 1.29 is 69.0 Å². The van der Waals surface area contributed by atoms with Gasteiger partial charge in [0, 0.05) is 6.07 Å². The van der Waals surface area contributed by atoms with E-state index in [2.05, 4.69) is 6.58 Å². The zero-order valence-corrected chi connectivity index (χ0v) is 22.2. The number of rotatable bonds is 10. The topological polar surface area (TPSA) is 214 Å². The highest BCUT2D eigenvalue weighted by atomic mass is 16.7. The first-order valence-corrected chi connectivity index (χ1v) is 12.5. The van der Waals surface area contributed by atoms with Gasteiger partial charge in [0.2, 0.25) is 6.29 Å². The van der Waals surface area contributed by atoms with Crippen LogP contribution in [0.2, 0.25) is 0 Å². The highest BCUT2D eigenvalue weighted by molar-refractivity contribution is 5.73. The molecule has 14 heteroatoms. The molecule has 0 saturated carbocycles. The van der Waals surface area contributed by atoms with Crippen LogP contribution in [0.1, 0.15) is 20.3 Å². The summed E-state index contributed by atoms with van der Waals surface area (Å²) < 4.78 is 32.3. The lowest BCUT2D eigenvalue weighted by atomic mass is 9.97. The number of carbonyl (C=O) groups excluding carboxylic acids is 1. The molecule has 2 fully saturated rings. The third kappa shape index (κ3) is 7.21. The highest BCUT2D eigenvalue weighted by Gasteiger charge is 2.45. The van der Waals surface area contributed by atoms with Crippen molar-refractivity contribution in [3.8, 4) is 17.2 Å². The minimum atomic E-state index is -1.79. The van der Waals surface area contributed by atoms with Gasteiger partial charge in [0.05, 0.1) is 26.2 Å². The third-order valence-corrected chi connectivity index (χ3v) is 6.43. The van der Waals surface area contributed by atoms with Gasteiger partial charge in [-0.15, -0.1) is 0 Å². The summed E-state index contributed by atoms with van der Waals surface area (Å²) in [7, 11) is 1.31. The molecule has 0 bridgehead atoms. The van der Waals surface area contributed by atoms with Crippen molar-refractivity contribution in [3.63, 3.8) is 0 Å². The van der Waals surface area contributed by atoms with Crippen LogP contribution < -0.4 is 14.2 Å². The number of carbonyl (C=O) groups is 1. The number of aliphatic hydroxyl groups excluding tert-OH is 7. The molecule has 0 aromatic heterocycles. The van der Waals surface area contributed by atoms with Crippen LogP contribution in [0.5, 0.6) is 17.2 Å². The van der Waals surface area contributed by atoms with E-state index in [1.165, 1.54) is 25.3 Å². The Bertz CT molecular complexity index is 1050. The van der Waals surface area contributed by atoms with E-state index in [1.54, 1.807) is 13.8 Å². The molecule has 2 aliphatic rings. The monoisotopic (exact) mass is 572 g/mol. The zero-order valence-electron chi connectivity index (χ0n) is 22.2. The van der Waals surface area contributed by atoms with Gasteiger partial charge in [-0.3, -0.25) is 4.79 Å². The lowest BCUT2D eigenvalue weighted by Gasteiger charge is -2.39. The summed E-state index contributed by atoms with van der Waals surface area (Å²) in [6.07, 6.45) is -12.8. The third-order valence-electron chi connectivity index (χ3n) is 6.43. The Morgan fingerprint density at radius 3 is 2.38 bits per heavy atom. The molecular weight excluding hydrogens is 536 g/mol. The Labute approximate surface area is 230 Å². The first-order chi connectivity index (χ1) is 18.9. The molecule has 224 valence electrons. The molecule has 0 aliphatic carbocycles. The van der Waals surface area contributed by atoms with Crippen LogP contribution >= 0.6 is 0 Å². The van der Waals surface area contributed by atoms with E-state index < -0.39 is 73.6 Å². The van der Waals surface area contributed by atoms with Crippen LogP contribution in [0.3, 0.4) is 0 Å². The van der Waals surface area contributed by atoms with E-state index >= 15 is 0 Å². The fourth-order valence-corrected chi connectivity index (χ4v) is 3.79. The molecule has 14 nitrogen and oxygen atoms in total. The number of hydrogen-bond acceptors (Lipinski definition) is 14. The van der Waals surface area contributed by atoms with E-state index in [-0.39, 0.29) is 35.2 Å². The molecule has 9 unspecified atom stereocenters. The molecule has 9 atom stereocenters. The van der Waals surface area contributed by atoms with Gasteiger partial charge in [0.1, 0.15) is 42.5 Å². The summed E-state index contributed by atoms with van der Waals surface area (Å²) in [5, 5.41) is 70.8. The van der Waals surface area contributed by atoms with Crippen LogP contribution in [-0.4, -0.2) is 111 Å². The van der Waals surface area contributed by atoms with Gasteiger partial charge in [-0.1, -0.05) is 20.4 Å². The van der Waals surface area contributed by atoms with Crippen LogP contribution in [0.25, 0.3) is 0 Å². The van der Waals surface area contributed by atoms with Gasteiger partial charge in [0.15, 0.2) is 23.4 Å². The lowest BCUT2D eigenvalue weighted by Crippen LogP contribution is -2.54. The van der Waals surface area contributed by atoms with E-state index in [9.17, 15) is 40.5 Å². The summed E-state index contributed by atoms with van der Waals surface area (Å²) in [5.41, 5.74) is 0.0475. The fourth-order valence-electron chi connectivity index (χ4n) is 3.79. The van der Waals surface area contributed by atoms with Gasteiger partial charge in [-0.25, -0.2) is 0 Å². The maximum atomic E-state index is 12.1. The minimum absolute atomic E-state index is 0.0101. The number of esters is 1. The van der Waals surface area contributed by atoms with Crippen molar-refractivity contribution in [2.75, 3.05) is 13.7 Å². The van der Waals surface area contributed by atoms with Gasteiger partial charge >= 0.3 is 5.97 Å². The lowest BCUT2D eigenvalue weighted by molar-refractivity contribution is -0.240. The Hall–Kier alpha value is -2.95. The molecule has 1 aromatic carbocycles. The predicted molar refractivity (Wildman–Crippen MR) is 134 cm³/mol. The van der Waals surface area contributed by atoms with E-state index in [0.29, 0.717) is 0 Å². The van der Waals surface area contributed by atoms with Crippen LogP contribution in [0, 0.1) is 5.92 Å².